The van der Waals surface area contributed by atoms with Gasteiger partial charge in [0.05, 0.1) is 23.6 Å². The Bertz CT molecular complexity index is 873. The van der Waals surface area contributed by atoms with E-state index in [1.807, 2.05) is 16.5 Å². The first kappa shape index (κ1) is 20.9. The molecule has 158 valence electrons. The Labute approximate surface area is 166 Å². The lowest BCUT2D eigenvalue weighted by Crippen LogP contribution is -2.38. The van der Waals surface area contributed by atoms with E-state index in [0.29, 0.717) is 25.3 Å². The first-order chi connectivity index (χ1) is 13.7. The highest BCUT2D eigenvalue weighted by atomic mass is 19.4. The normalized spacial score (nSPS) is 15.4. The highest BCUT2D eigenvalue weighted by Crippen LogP contribution is 2.34. The van der Waals surface area contributed by atoms with E-state index in [0.717, 1.165) is 24.7 Å². The largest absolute Gasteiger partial charge is 0.421 e. The third-order valence-corrected chi connectivity index (χ3v) is 4.99. The summed E-state index contributed by atoms with van der Waals surface area (Å²) in [5.74, 6) is -0.138. The Kier molecular flexibility index (Phi) is 5.94. The molecule has 2 aromatic rings. The van der Waals surface area contributed by atoms with Gasteiger partial charge in [0.25, 0.3) is 0 Å². The molecule has 1 fully saturated rings. The van der Waals surface area contributed by atoms with Gasteiger partial charge in [-0.15, -0.1) is 0 Å². The molecule has 2 aromatic heterocycles. The molecule has 1 saturated heterocycles. The van der Waals surface area contributed by atoms with Crippen LogP contribution in [-0.2, 0) is 11.0 Å². The van der Waals surface area contributed by atoms with Crippen molar-refractivity contribution >= 4 is 23.4 Å². The lowest BCUT2D eigenvalue weighted by molar-refractivity contribution is -0.137. The zero-order valence-electron chi connectivity index (χ0n) is 16.5. The first-order valence-electron chi connectivity index (χ1n) is 9.45. The molecule has 8 nitrogen and oxygen atoms in total. The van der Waals surface area contributed by atoms with Crippen LogP contribution >= 0.6 is 0 Å². The van der Waals surface area contributed by atoms with Crippen molar-refractivity contribution in [3.8, 4) is 0 Å². The Balaban J connectivity index is 1.76. The lowest BCUT2D eigenvalue weighted by Gasteiger charge is -2.32. The number of nitrogens with one attached hydrogen (secondary N) is 2. The van der Waals surface area contributed by atoms with Crippen LogP contribution in [-0.4, -0.2) is 50.2 Å². The number of aromatic nitrogens is 4. The zero-order chi connectivity index (χ0) is 21.2. The van der Waals surface area contributed by atoms with Crippen LogP contribution in [0.3, 0.4) is 0 Å². The van der Waals surface area contributed by atoms with Gasteiger partial charge in [0, 0.05) is 32.8 Å². The predicted molar refractivity (Wildman–Crippen MR) is 102 cm³/mol. The molecule has 1 amide bonds. The highest BCUT2D eigenvalue weighted by molar-refractivity contribution is 5.73. The molecule has 29 heavy (non-hydrogen) atoms. The molecule has 0 radical (unpaired) electrons. The molecule has 1 aliphatic rings. The van der Waals surface area contributed by atoms with Crippen LogP contribution in [0.5, 0.6) is 0 Å². The van der Waals surface area contributed by atoms with Crippen LogP contribution in [0.2, 0.25) is 0 Å². The Morgan fingerprint density at radius 2 is 1.97 bits per heavy atom. The third-order valence-electron chi connectivity index (χ3n) is 4.99. The minimum atomic E-state index is -4.54. The number of amides is 1. The molecule has 0 aliphatic carbocycles. The SMILES string of the molecule is CCNc1nc(Nc2cnn(C3CCN(C(C)=O)CC3)c2C)ncc1C(F)(F)F. The second-order valence-corrected chi connectivity index (χ2v) is 6.93. The van der Waals surface area contributed by atoms with E-state index >= 15 is 0 Å². The van der Waals surface area contributed by atoms with Gasteiger partial charge in [0.15, 0.2) is 0 Å². The summed E-state index contributed by atoms with van der Waals surface area (Å²) >= 11 is 0. The first-order valence-corrected chi connectivity index (χ1v) is 9.45. The number of alkyl halides is 3. The topological polar surface area (TPSA) is 88.0 Å². The fraction of sp³-hybridized carbons (Fsp3) is 0.556. The molecule has 0 spiro atoms. The van der Waals surface area contributed by atoms with E-state index in [1.54, 1.807) is 20.0 Å². The van der Waals surface area contributed by atoms with E-state index in [-0.39, 0.29) is 23.7 Å². The number of hydrogen-bond acceptors (Lipinski definition) is 6. The second kappa shape index (κ2) is 8.26. The molecular weight excluding hydrogens is 387 g/mol. The van der Waals surface area contributed by atoms with Gasteiger partial charge in [-0.1, -0.05) is 0 Å². The fourth-order valence-corrected chi connectivity index (χ4v) is 3.41. The number of piperidine rings is 1. The summed E-state index contributed by atoms with van der Waals surface area (Å²) in [5, 5.41) is 10.0. The molecule has 11 heteroatoms. The number of rotatable bonds is 5. The number of anilines is 3. The van der Waals surface area contributed by atoms with Gasteiger partial charge in [0.2, 0.25) is 11.9 Å². The summed E-state index contributed by atoms with van der Waals surface area (Å²) in [4.78, 5) is 21.1. The van der Waals surface area contributed by atoms with Gasteiger partial charge >= 0.3 is 6.18 Å². The van der Waals surface area contributed by atoms with Gasteiger partial charge in [-0.3, -0.25) is 9.48 Å². The monoisotopic (exact) mass is 411 g/mol. The van der Waals surface area contributed by atoms with E-state index < -0.39 is 11.7 Å². The predicted octanol–water partition coefficient (Wildman–Crippen LogP) is 3.36. The molecule has 3 rings (SSSR count). The van der Waals surface area contributed by atoms with Crippen LogP contribution < -0.4 is 10.6 Å². The third kappa shape index (κ3) is 4.60. The number of halogens is 3. The fourth-order valence-electron chi connectivity index (χ4n) is 3.41. The van der Waals surface area contributed by atoms with Gasteiger partial charge < -0.3 is 15.5 Å². The van der Waals surface area contributed by atoms with Crippen molar-refractivity contribution in [3.05, 3.63) is 23.7 Å². The Morgan fingerprint density at radius 3 is 2.55 bits per heavy atom. The van der Waals surface area contributed by atoms with Crippen molar-refractivity contribution in [1.29, 1.82) is 0 Å². The van der Waals surface area contributed by atoms with Gasteiger partial charge in [0.1, 0.15) is 11.4 Å². The Hall–Kier alpha value is -2.85. The summed E-state index contributed by atoms with van der Waals surface area (Å²) in [6.07, 6.45) is -0.567. The van der Waals surface area contributed by atoms with Crippen molar-refractivity contribution in [3.63, 3.8) is 0 Å². The molecule has 0 atom stereocenters. The summed E-state index contributed by atoms with van der Waals surface area (Å²) in [6.45, 7) is 6.79. The molecule has 1 aliphatic heterocycles. The summed E-state index contributed by atoms with van der Waals surface area (Å²) < 4.78 is 41.2. The summed E-state index contributed by atoms with van der Waals surface area (Å²) in [6, 6.07) is 0.159. The maximum absolute atomic E-state index is 13.1. The molecule has 3 heterocycles. The number of hydrogen-bond donors (Lipinski definition) is 2. The molecule has 0 saturated carbocycles. The van der Waals surface area contributed by atoms with Crippen LogP contribution in [0.4, 0.5) is 30.6 Å². The quantitative estimate of drug-likeness (QED) is 0.785. The zero-order valence-corrected chi connectivity index (χ0v) is 16.5. The minimum absolute atomic E-state index is 0.0583. The lowest BCUT2D eigenvalue weighted by atomic mass is 10.1. The number of nitrogens with zero attached hydrogens (tertiary/aromatic N) is 5. The van der Waals surface area contributed by atoms with Crippen molar-refractivity contribution in [2.45, 2.75) is 45.8 Å². The maximum Gasteiger partial charge on any atom is 0.421 e. The van der Waals surface area contributed by atoms with Crippen LogP contribution in [0.1, 0.15) is 44.0 Å². The van der Waals surface area contributed by atoms with Crippen LogP contribution in [0, 0.1) is 6.92 Å². The van der Waals surface area contributed by atoms with Crippen molar-refractivity contribution in [2.24, 2.45) is 0 Å². The number of carbonyl (C=O) groups excluding carboxylic acids is 1. The van der Waals surface area contributed by atoms with Crippen LogP contribution in [0.15, 0.2) is 12.4 Å². The molecule has 0 bridgehead atoms. The molecular formula is C18H24F3N7O. The second-order valence-electron chi connectivity index (χ2n) is 6.93. The van der Waals surface area contributed by atoms with Gasteiger partial charge in [-0.05, 0) is 26.7 Å². The average molecular weight is 411 g/mol. The Morgan fingerprint density at radius 1 is 1.28 bits per heavy atom. The standard InChI is InChI=1S/C18H24F3N7O/c1-4-22-16-14(18(19,20)21)9-23-17(26-16)25-15-10-24-28(11(15)2)13-5-7-27(8-6-13)12(3)29/h9-10,13H,4-8H2,1-3H3,(H2,22,23,25,26). The maximum atomic E-state index is 13.1. The van der Waals surface area contributed by atoms with E-state index in [1.165, 1.54) is 0 Å². The number of likely N-dealkylation sites (tertiary alicyclic amines) is 1. The van der Waals surface area contributed by atoms with Crippen LogP contribution in [0.25, 0.3) is 0 Å². The highest BCUT2D eigenvalue weighted by Gasteiger charge is 2.35. The van der Waals surface area contributed by atoms with Gasteiger partial charge in [-0.25, -0.2) is 4.98 Å². The smallest absolute Gasteiger partial charge is 0.370 e. The summed E-state index contributed by atoms with van der Waals surface area (Å²) in [7, 11) is 0. The van der Waals surface area contributed by atoms with E-state index in [2.05, 4.69) is 25.7 Å². The van der Waals surface area contributed by atoms with Gasteiger partial charge in [-0.2, -0.15) is 23.3 Å². The number of carbonyl (C=O) groups is 1. The van der Waals surface area contributed by atoms with Crippen molar-refractivity contribution in [2.75, 3.05) is 30.3 Å². The van der Waals surface area contributed by atoms with E-state index in [4.69, 9.17) is 0 Å². The molecule has 0 aromatic carbocycles. The van der Waals surface area contributed by atoms with Crippen molar-refractivity contribution in [1.82, 2.24) is 24.6 Å². The average Bonchev–Trinajstić information content (AvgIpc) is 3.02. The molecule has 2 N–H and O–H groups in total. The van der Waals surface area contributed by atoms with Crippen molar-refractivity contribution < 1.29 is 18.0 Å². The summed E-state index contributed by atoms with van der Waals surface area (Å²) in [5.41, 5.74) is 0.551. The van der Waals surface area contributed by atoms with E-state index in [9.17, 15) is 18.0 Å². The minimum Gasteiger partial charge on any atom is -0.370 e. The molecule has 0 unspecified atom stereocenters.